The van der Waals surface area contributed by atoms with E-state index in [0.29, 0.717) is 11.5 Å². The van der Waals surface area contributed by atoms with Gasteiger partial charge in [-0.3, -0.25) is 0 Å². The molecule has 0 saturated carbocycles. The van der Waals surface area contributed by atoms with E-state index >= 15 is 0 Å². The fourth-order valence-corrected chi connectivity index (χ4v) is 2.36. The number of nitrogens with zero attached hydrogens (tertiary/aromatic N) is 2. The maximum Gasteiger partial charge on any atom is 0.362 e. The molecule has 0 aliphatic carbocycles. The van der Waals surface area contributed by atoms with Crippen LogP contribution in [0, 0.1) is 5.82 Å². The summed E-state index contributed by atoms with van der Waals surface area (Å²) >= 11 is 0. The van der Waals surface area contributed by atoms with Crippen LogP contribution in [-0.4, -0.2) is 26.5 Å². The Kier molecular flexibility index (Phi) is 4.47. The van der Waals surface area contributed by atoms with Gasteiger partial charge in [-0.2, -0.15) is 0 Å². The predicted octanol–water partition coefficient (Wildman–Crippen LogP) is 4.22. The van der Waals surface area contributed by atoms with Gasteiger partial charge in [0.15, 0.2) is 11.6 Å². The zero-order valence-corrected chi connectivity index (χ0v) is 13.7. The standard InChI is InChI=1S/C18H16FN3O3/c1-10(2)11-3-5-12(6-4-11)13-7-8-15(14(19)9-13)25-17-16(18(23)24)20-22-21-17/h3-10H,1-2H3,(H,23,24)(H,20,21,22). The summed E-state index contributed by atoms with van der Waals surface area (Å²) in [5.74, 6) is -1.84. The Hall–Kier alpha value is -3.22. The van der Waals surface area contributed by atoms with E-state index in [9.17, 15) is 9.18 Å². The van der Waals surface area contributed by atoms with E-state index in [4.69, 9.17) is 9.84 Å². The molecule has 0 radical (unpaired) electrons. The quantitative estimate of drug-likeness (QED) is 0.725. The minimum Gasteiger partial charge on any atom is -0.476 e. The second-order valence-electron chi connectivity index (χ2n) is 5.82. The molecule has 0 aliphatic heterocycles. The van der Waals surface area contributed by atoms with Gasteiger partial charge in [0.05, 0.1) is 0 Å². The molecule has 0 unspecified atom stereocenters. The summed E-state index contributed by atoms with van der Waals surface area (Å²) in [7, 11) is 0. The molecule has 2 aromatic carbocycles. The van der Waals surface area contributed by atoms with E-state index in [0.717, 1.165) is 5.56 Å². The van der Waals surface area contributed by atoms with Crippen molar-refractivity contribution < 1.29 is 19.0 Å². The van der Waals surface area contributed by atoms with Crippen LogP contribution in [0.3, 0.4) is 0 Å². The molecule has 3 aromatic rings. The number of aromatic carboxylic acids is 1. The lowest BCUT2D eigenvalue weighted by Gasteiger charge is -2.09. The summed E-state index contributed by atoms with van der Waals surface area (Å²) in [5, 5.41) is 18.0. The Morgan fingerprint density at radius 1 is 1.16 bits per heavy atom. The Morgan fingerprint density at radius 3 is 2.44 bits per heavy atom. The van der Waals surface area contributed by atoms with E-state index in [1.54, 1.807) is 6.07 Å². The molecule has 0 fully saturated rings. The molecule has 128 valence electrons. The number of hydrogen-bond acceptors (Lipinski definition) is 4. The average molecular weight is 341 g/mol. The summed E-state index contributed by atoms with van der Waals surface area (Å²) < 4.78 is 19.6. The lowest BCUT2D eigenvalue weighted by atomic mass is 9.99. The van der Waals surface area contributed by atoms with Crippen molar-refractivity contribution in [3.63, 3.8) is 0 Å². The number of nitrogens with one attached hydrogen (secondary N) is 1. The molecule has 0 atom stereocenters. The third-order valence-electron chi connectivity index (χ3n) is 3.77. The van der Waals surface area contributed by atoms with Crippen LogP contribution in [0.5, 0.6) is 11.6 Å². The predicted molar refractivity (Wildman–Crippen MR) is 89.3 cm³/mol. The number of aromatic amines is 1. The van der Waals surface area contributed by atoms with Crippen LogP contribution in [0.1, 0.15) is 35.8 Å². The number of carbonyl (C=O) groups is 1. The second-order valence-corrected chi connectivity index (χ2v) is 5.82. The molecule has 1 aromatic heterocycles. The molecule has 3 rings (SSSR count). The SMILES string of the molecule is CC(C)c1ccc(-c2ccc(Oc3[nH]nnc3C(=O)O)c(F)c2)cc1. The van der Waals surface area contributed by atoms with Crippen molar-refractivity contribution in [1.82, 2.24) is 15.4 Å². The maximum absolute atomic E-state index is 14.3. The first kappa shape index (κ1) is 16.6. The summed E-state index contributed by atoms with van der Waals surface area (Å²) in [6.07, 6.45) is 0. The van der Waals surface area contributed by atoms with Gasteiger partial charge in [-0.15, -0.1) is 5.10 Å². The van der Waals surface area contributed by atoms with Gasteiger partial charge >= 0.3 is 5.97 Å². The third kappa shape index (κ3) is 3.50. The average Bonchev–Trinajstić information content (AvgIpc) is 3.05. The Labute approximate surface area is 143 Å². The summed E-state index contributed by atoms with van der Waals surface area (Å²) in [4.78, 5) is 11.0. The summed E-state index contributed by atoms with van der Waals surface area (Å²) in [6.45, 7) is 4.22. The molecule has 0 amide bonds. The molecule has 2 N–H and O–H groups in total. The van der Waals surface area contributed by atoms with Crippen molar-refractivity contribution in [2.45, 2.75) is 19.8 Å². The molecule has 0 saturated heterocycles. The van der Waals surface area contributed by atoms with Gasteiger partial charge < -0.3 is 9.84 Å². The van der Waals surface area contributed by atoms with Crippen molar-refractivity contribution >= 4 is 5.97 Å². The van der Waals surface area contributed by atoms with Crippen molar-refractivity contribution in [2.75, 3.05) is 0 Å². The Balaban J connectivity index is 1.85. The number of carboxylic acid groups (broad SMARTS) is 1. The number of rotatable bonds is 5. The Morgan fingerprint density at radius 2 is 1.84 bits per heavy atom. The van der Waals surface area contributed by atoms with Gasteiger partial charge in [0.2, 0.25) is 5.69 Å². The zero-order chi connectivity index (χ0) is 18.0. The molecular formula is C18H16FN3O3. The third-order valence-corrected chi connectivity index (χ3v) is 3.77. The van der Waals surface area contributed by atoms with Crippen LogP contribution in [0.25, 0.3) is 11.1 Å². The van der Waals surface area contributed by atoms with E-state index in [2.05, 4.69) is 29.3 Å². The first-order valence-electron chi connectivity index (χ1n) is 7.67. The van der Waals surface area contributed by atoms with Crippen LogP contribution >= 0.6 is 0 Å². The number of ether oxygens (including phenoxy) is 1. The van der Waals surface area contributed by atoms with Crippen LogP contribution in [0.4, 0.5) is 4.39 Å². The summed E-state index contributed by atoms with van der Waals surface area (Å²) in [5.41, 5.74) is 2.37. The number of benzene rings is 2. The van der Waals surface area contributed by atoms with Gasteiger partial charge in [-0.05, 0) is 34.7 Å². The number of H-pyrrole nitrogens is 1. The fourth-order valence-electron chi connectivity index (χ4n) is 2.36. The molecule has 0 bridgehead atoms. The first-order valence-corrected chi connectivity index (χ1v) is 7.67. The molecule has 1 heterocycles. The van der Waals surface area contributed by atoms with Gasteiger partial charge in [0.1, 0.15) is 0 Å². The maximum atomic E-state index is 14.3. The van der Waals surface area contributed by atoms with Crippen LogP contribution < -0.4 is 4.74 Å². The molecule has 25 heavy (non-hydrogen) atoms. The normalized spacial score (nSPS) is 10.9. The van der Waals surface area contributed by atoms with Gasteiger partial charge in [-0.25, -0.2) is 14.3 Å². The van der Waals surface area contributed by atoms with Gasteiger partial charge in [-0.1, -0.05) is 49.4 Å². The van der Waals surface area contributed by atoms with Crippen molar-refractivity contribution in [2.24, 2.45) is 0 Å². The highest BCUT2D eigenvalue weighted by Crippen LogP contribution is 2.30. The number of halogens is 1. The molecule has 6 nitrogen and oxygen atoms in total. The van der Waals surface area contributed by atoms with E-state index in [1.165, 1.54) is 17.7 Å². The highest BCUT2D eigenvalue weighted by Gasteiger charge is 2.18. The van der Waals surface area contributed by atoms with Crippen molar-refractivity contribution in [3.05, 3.63) is 59.5 Å². The number of aromatic nitrogens is 3. The molecule has 7 heteroatoms. The Bertz CT molecular complexity index is 904. The minimum absolute atomic E-state index is 0.115. The van der Waals surface area contributed by atoms with Crippen molar-refractivity contribution in [3.8, 4) is 22.8 Å². The second kappa shape index (κ2) is 6.72. The van der Waals surface area contributed by atoms with Gasteiger partial charge in [0, 0.05) is 0 Å². The number of carboxylic acids is 1. The number of hydrogen-bond donors (Lipinski definition) is 2. The van der Waals surface area contributed by atoms with Crippen LogP contribution in [-0.2, 0) is 0 Å². The van der Waals surface area contributed by atoms with E-state index < -0.39 is 17.5 Å². The van der Waals surface area contributed by atoms with Crippen molar-refractivity contribution in [1.29, 1.82) is 0 Å². The topological polar surface area (TPSA) is 88.1 Å². The van der Waals surface area contributed by atoms with Crippen LogP contribution in [0.2, 0.25) is 0 Å². The fraction of sp³-hybridized carbons (Fsp3) is 0.167. The van der Waals surface area contributed by atoms with E-state index in [1.807, 2.05) is 24.3 Å². The molecule has 0 aliphatic rings. The molecule has 0 spiro atoms. The zero-order valence-electron chi connectivity index (χ0n) is 13.7. The van der Waals surface area contributed by atoms with Crippen LogP contribution in [0.15, 0.2) is 42.5 Å². The largest absolute Gasteiger partial charge is 0.476 e. The van der Waals surface area contributed by atoms with Gasteiger partial charge in [0.25, 0.3) is 5.88 Å². The highest BCUT2D eigenvalue weighted by molar-refractivity contribution is 5.87. The highest BCUT2D eigenvalue weighted by atomic mass is 19.1. The lowest BCUT2D eigenvalue weighted by molar-refractivity contribution is 0.0687. The monoisotopic (exact) mass is 341 g/mol. The van der Waals surface area contributed by atoms with E-state index in [-0.39, 0.29) is 11.6 Å². The first-order chi connectivity index (χ1) is 12.0. The minimum atomic E-state index is -1.31. The lowest BCUT2D eigenvalue weighted by Crippen LogP contribution is -2.00. The smallest absolute Gasteiger partial charge is 0.362 e. The summed E-state index contributed by atoms with van der Waals surface area (Å²) in [6, 6.07) is 12.4. The molecular weight excluding hydrogens is 325 g/mol.